The van der Waals surface area contributed by atoms with Gasteiger partial charge in [0.2, 0.25) is 0 Å². The van der Waals surface area contributed by atoms with Crippen molar-refractivity contribution in [3.05, 3.63) is 52.4 Å². The Bertz CT molecular complexity index is 993. The molecule has 4 rings (SSSR count). The predicted molar refractivity (Wildman–Crippen MR) is 105 cm³/mol. The first-order chi connectivity index (χ1) is 13.0. The number of benzene rings is 1. The van der Waals surface area contributed by atoms with E-state index >= 15 is 0 Å². The molecule has 0 radical (unpaired) electrons. The molecule has 0 saturated carbocycles. The molecule has 1 aliphatic rings. The molecule has 6 nitrogen and oxygen atoms in total. The minimum atomic E-state index is -0.0385. The highest BCUT2D eigenvalue weighted by Crippen LogP contribution is 2.31. The Morgan fingerprint density at radius 3 is 2.81 bits per heavy atom. The number of H-pyrrole nitrogens is 1. The van der Waals surface area contributed by atoms with E-state index in [-0.39, 0.29) is 5.91 Å². The number of piperidine rings is 1. The van der Waals surface area contributed by atoms with Crippen molar-refractivity contribution < 1.29 is 9.53 Å². The minimum absolute atomic E-state index is 0.0385. The number of aromatic nitrogens is 3. The van der Waals surface area contributed by atoms with E-state index in [0.29, 0.717) is 35.3 Å². The number of aryl methyl sites for hydroxylation is 1. The van der Waals surface area contributed by atoms with Crippen molar-refractivity contribution in [2.75, 3.05) is 20.2 Å². The van der Waals surface area contributed by atoms with Crippen LogP contribution in [-0.2, 0) is 0 Å². The van der Waals surface area contributed by atoms with E-state index in [1.165, 1.54) is 0 Å². The third-order valence-corrected chi connectivity index (χ3v) is 5.33. The highest BCUT2D eigenvalue weighted by atomic mass is 35.5. The van der Waals surface area contributed by atoms with Gasteiger partial charge in [-0.3, -0.25) is 9.78 Å². The maximum absolute atomic E-state index is 12.9. The number of aromatic amines is 1. The van der Waals surface area contributed by atoms with Crippen LogP contribution in [0.25, 0.3) is 11.2 Å². The number of ether oxygens (including phenoxy) is 1. The number of methoxy groups -OCH3 is 1. The van der Waals surface area contributed by atoms with Crippen molar-refractivity contribution in [1.29, 1.82) is 0 Å². The van der Waals surface area contributed by atoms with E-state index in [4.69, 9.17) is 16.3 Å². The number of halogens is 1. The van der Waals surface area contributed by atoms with Crippen molar-refractivity contribution in [2.24, 2.45) is 0 Å². The van der Waals surface area contributed by atoms with Gasteiger partial charge in [0.15, 0.2) is 5.65 Å². The van der Waals surface area contributed by atoms with Crippen LogP contribution >= 0.6 is 11.6 Å². The van der Waals surface area contributed by atoms with Crippen LogP contribution in [-0.4, -0.2) is 46.0 Å². The molecular weight excluding hydrogens is 364 g/mol. The number of rotatable bonds is 3. The molecule has 27 heavy (non-hydrogen) atoms. The van der Waals surface area contributed by atoms with Gasteiger partial charge in [0, 0.05) is 35.9 Å². The Morgan fingerprint density at radius 1 is 1.30 bits per heavy atom. The lowest BCUT2D eigenvalue weighted by atomic mass is 9.93. The van der Waals surface area contributed by atoms with Crippen LogP contribution in [0.15, 0.2) is 30.5 Å². The number of fused-ring (bicyclic) bond motifs is 1. The van der Waals surface area contributed by atoms with Crippen LogP contribution in [0, 0.1) is 6.92 Å². The Balaban J connectivity index is 1.48. The van der Waals surface area contributed by atoms with Gasteiger partial charge in [-0.15, -0.1) is 0 Å². The third kappa shape index (κ3) is 3.49. The molecule has 1 fully saturated rings. The molecule has 0 atom stereocenters. The first-order valence-electron chi connectivity index (χ1n) is 9.00. The fraction of sp³-hybridized carbons (Fsp3) is 0.350. The Morgan fingerprint density at radius 2 is 2.07 bits per heavy atom. The summed E-state index contributed by atoms with van der Waals surface area (Å²) in [6.45, 7) is 3.31. The van der Waals surface area contributed by atoms with Crippen molar-refractivity contribution in [1.82, 2.24) is 19.9 Å². The van der Waals surface area contributed by atoms with Crippen molar-refractivity contribution >= 4 is 28.7 Å². The summed E-state index contributed by atoms with van der Waals surface area (Å²) in [6, 6.07) is 7.20. The topological polar surface area (TPSA) is 71.1 Å². The average molecular weight is 385 g/mol. The molecule has 7 heteroatoms. The number of amides is 1. The summed E-state index contributed by atoms with van der Waals surface area (Å²) in [4.78, 5) is 27.1. The highest BCUT2D eigenvalue weighted by Gasteiger charge is 2.27. The number of carbonyl (C=O) groups excluding carboxylic acids is 1. The van der Waals surface area contributed by atoms with Crippen LogP contribution in [0.4, 0.5) is 0 Å². The molecule has 0 unspecified atom stereocenters. The second-order valence-electron chi connectivity index (χ2n) is 6.88. The van der Waals surface area contributed by atoms with Crippen LogP contribution in [0.1, 0.15) is 40.5 Å². The molecule has 0 aliphatic carbocycles. The van der Waals surface area contributed by atoms with Crippen LogP contribution in [0.5, 0.6) is 5.75 Å². The van der Waals surface area contributed by atoms with Gasteiger partial charge in [-0.2, -0.15) is 0 Å². The Kier molecular flexibility index (Phi) is 4.74. The lowest BCUT2D eigenvalue weighted by molar-refractivity contribution is 0.0709. The molecule has 3 aromatic rings. The summed E-state index contributed by atoms with van der Waals surface area (Å²) < 4.78 is 5.32. The zero-order valence-electron chi connectivity index (χ0n) is 15.3. The molecule has 3 heterocycles. The number of hydrogen-bond donors (Lipinski definition) is 1. The zero-order valence-corrected chi connectivity index (χ0v) is 16.1. The maximum Gasteiger partial charge on any atom is 0.257 e. The van der Waals surface area contributed by atoms with Gasteiger partial charge in [0.05, 0.1) is 18.4 Å². The van der Waals surface area contributed by atoms with E-state index in [1.54, 1.807) is 31.5 Å². The molecule has 1 aromatic carbocycles. The number of likely N-dealkylation sites (tertiary alicyclic amines) is 1. The van der Waals surface area contributed by atoms with Crippen molar-refractivity contribution in [3.8, 4) is 5.75 Å². The highest BCUT2D eigenvalue weighted by molar-refractivity contribution is 6.31. The fourth-order valence-electron chi connectivity index (χ4n) is 3.64. The van der Waals surface area contributed by atoms with Gasteiger partial charge >= 0.3 is 0 Å². The molecule has 1 N–H and O–H groups in total. The molecule has 1 aliphatic heterocycles. The molecule has 0 bridgehead atoms. The second kappa shape index (κ2) is 7.19. The van der Waals surface area contributed by atoms with E-state index in [1.807, 2.05) is 11.8 Å². The number of hydrogen-bond acceptors (Lipinski definition) is 4. The van der Waals surface area contributed by atoms with Crippen LogP contribution in [0.2, 0.25) is 5.02 Å². The van der Waals surface area contributed by atoms with Crippen molar-refractivity contribution in [2.45, 2.75) is 25.7 Å². The lowest BCUT2D eigenvalue weighted by Gasteiger charge is -2.32. The summed E-state index contributed by atoms with van der Waals surface area (Å²) in [5, 5.41) is 0.530. The number of nitrogens with zero attached hydrogens (tertiary/aromatic N) is 3. The summed E-state index contributed by atoms with van der Waals surface area (Å²) >= 11 is 6.07. The average Bonchev–Trinajstić information content (AvgIpc) is 3.10. The first kappa shape index (κ1) is 17.8. The summed E-state index contributed by atoms with van der Waals surface area (Å²) in [5.74, 6) is 0.879. The molecular formula is C20H21ClN4O2. The van der Waals surface area contributed by atoms with E-state index < -0.39 is 0 Å². The van der Waals surface area contributed by atoms with Crippen molar-refractivity contribution in [3.63, 3.8) is 0 Å². The van der Waals surface area contributed by atoms with E-state index in [9.17, 15) is 4.79 Å². The summed E-state index contributed by atoms with van der Waals surface area (Å²) in [5.41, 5.74) is 4.26. The summed E-state index contributed by atoms with van der Waals surface area (Å²) in [7, 11) is 1.56. The quantitative estimate of drug-likeness (QED) is 0.742. The lowest BCUT2D eigenvalue weighted by Crippen LogP contribution is -2.38. The molecule has 1 amide bonds. The minimum Gasteiger partial charge on any atom is -0.496 e. The number of carbonyl (C=O) groups is 1. The molecule has 1 saturated heterocycles. The van der Waals surface area contributed by atoms with Gasteiger partial charge in [0.1, 0.15) is 11.3 Å². The smallest absolute Gasteiger partial charge is 0.257 e. The normalized spacial score (nSPS) is 15.3. The van der Waals surface area contributed by atoms with Crippen LogP contribution in [0.3, 0.4) is 0 Å². The van der Waals surface area contributed by atoms with Crippen LogP contribution < -0.4 is 4.74 Å². The fourth-order valence-corrected chi connectivity index (χ4v) is 3.81. The van der Waals surface area contributed by atoms with Gasteiger partial charge in [-0.25, -0.2) is 4.98 Å². The van der Waals surface area contributed by atoms with E-state index in [2.05, 4.69) is 21.0 Å². The van der Waals surface area contributed by atoms with Gasteiger partial charge in [-0.05, 0) is 44.0 Å². The SMILES string of the molecule is COc1ccc(Cl)cc1C(=O)N1CCC(c2cc3ncc(C)nc3[nH]2)CC1. The second-order valence-corrected chi connectivity index (χ2v) is 7.32. The summed E-state index contributed by atoms with van der Waals surface area (Å²) in [6.07, 6.45) is 3.56. The first-order valence-corrected chi connectivity index (χ1v) is 9.38. The van der Waals surface area contributed by atoms with E-state index in [0.717, 1.165) is 35.4 Å². The molecule has 140 valence electrons. The monoisotopic (exact) mass is 384 g/mol. The largest absolute Gasteiger partial charge is 0.496 e. The third-order valence-electron chi connectivity index (χ3n) is 5.09. The standard InChI is InChI=1S/C20H21ClN4O2/c1-12-11-22-17-10-16(24-19(17)23-12)13-5-7-25(8-6-13)20(26)15-9-14(21)3-4-18(15)27-2/h3-4,9-11,13H,5-8H2,1-2H3,(H,23,24). The predicted octanol–water partition coefficient (Wildman–Crippen LogP) is 3.95. The molecule has 2 aromatic heterocycles. The molecule has 0 spiro atoms. The Hall–Kier alpha value is -2.60. The maximum atomic E-state index is 12.9. The Labute approximate surface area is 162 Å². The van der Waals surface area contributed by atoms with Gasteiger partial charge in [0.25, 0.3) is 5.91 Å². The number of nitrogens with one attached hydrogen (secondary N) is 1. The van der Waals surface area contributed by atoms with Gasteiger partial charge in [-0.1, -0.05) is 11.6 Å². The zero-order chi connectivity index (χ0) is 19.0. The van der Waals surface area contributed by atoms with Gasteiger partial charge < -0.3 is 14.6 Å².